The van der Waals surface area contributed by atoms with E-state index in [1.54, 1.807) is 0 Å². The molecule has 100 valence electrons. The van der Waals surface area contributed by atoms with Gasteiger partial charge in [-0.25, -0.2) is 4.68 Å². The van der Waals surface area contributed by atoms with E-state index in [9.17, 15) is 0 Å². The maximum atomic E-state index is 5.70. The Morgan fingerprint density at radius 2 is 2.28 bits per heavy atom. The maximum Gasteiger partial charge on any atom is 0.0996 e. The third-order valence-electron chi connectivity index (χ3n) is 3.84. The molecule has 1 N–H and O–H groups in total. The zero-order valence-corrected chi connectivity index (χ0v) is 11.1. The predicted octanol–water partition coefficient (Wildman–Crippen LogP) is 1.13. The molecule has 0 spiro atoms. The van der Waals surface area contributed by atoms with E-state index in [0.29, 0.717) is 6.10 Å². The topological polar surface area (TPSA) is 52.0 Å². The summed E-state index contributed by atoms with van der Waals surface area (Å²) < 4.78 is 7.78. The minimum Gasteiger partial charge on any atom is -0.376 e. The highest BCUT2D eigenvalue weighted by Gasteiger charge is 2.27. The van der Waals surface area contributed by atoms with Crippen molar-refractivity contribution >= 4 is 0 Å². The molecule has 1 saturated heterocycles. The summed E-state index contributed by atoms with van der Waals surface area (Å²) in [6, 6.07) is 0. The number of nitrogens with one attached hydrogen (secondary N) is 1. The molecule has 3 rings (SSSR count). The molecule has 1 saturated carbocycles. The SMILES string of the molecule is CNCc1nnn(CC2CCCO2)c1CC1CC1. The molecule has 1 aromatic rings. The van der Waals surface area contributed by atoms with Crippen molar-refractivity contribution in [3.63, 3.8) is 0 Å². The van der Waals surface area contributed by atoms with Gasteiger partial charge in [0.25, 0.3) is 0 Å². The van der Waals surface area contributed by atoms with Crippen molar-refractivity contribution < 1.29 is 4.74 Å². The summed E-state index contributed by atoms with van der Waals surface area (Å²) in [6.07, 6.45) is 6.54. The van der Waals surface area contributed by atoms with Gasteiger partial charge in [0.1, 0.15) is 0 Å². The first-order chi connectivity index (χ1) is 8.86. The van der Waals surface area contributed by atoms with Gasteiger partial charge in [0, 0.05) is 13.2 Å². The van der Waals surface area contributed by atoms with E-state index in [-0.39, 0.29) is 0 Å². The lowest BCUT2D eigenvalue weighted by molar-refractivity contribution is 0.0926. The summed E-state index contributed by atoms with van der Waals surface area (Å²) in [4.78, 5) is 0. The summed E-state index contributed by atoms with van der Waals surface area (Å²) in [7, 11) is 1.96. The van der Waals surface area contributed by atoms with Crippen LogP contribution in [0.15, 0.2) is 0 Å². The quantitative estimate of drug-likeness (QED) is 0.822. The Morgan fingerprint density at radius 1 is 1.39 bits per heavy atom. The zero-order valence-electron chi connectivity index (χ0n) is 11.1. The van der Waals surface area contributed by atoms with Gasteiger partial charge in [-0.1, -0.05) is 5.21 Å². The van der Waals surface area contributed by atoms with E-state index >= 15 is 0 Å². The second-order valence-electron chi connectivity index (χ2n) is 5.48. The van der Waals surface area contributed by atoms with Gasteiger partial charge in [-0.3, -0.25) is 0 Å². The fourth-order valence-corrected chi connectivity index (χ4v) is 2.62. The van der Waals surface area contributed by atoms with E-state index in [4.69, 9.17) is 4.74 Å². The number of nitrogens with zero attached hydrogens (tertiary/aromatic N) is 3. The van der Waals surface area contributed by atoms with Crippen LogP contribution in [0.25, 0.3) is 0 Å². The number of hydrogen-bond acceptors (Lipinski definition) is 4. The standard InChI is InChI=1S/C13H22N4O/c1-14-8-12-13(7-10-4-5-10)17(16-15-12)9-11-3-2-6-18-11/h10-11,14H,2-9H2,1H3. The Kier molecular flexibility index (Phi) is 3.61. The zero-order chi connectivity index (χ0) is 12.4. The Labute approximate surface area is 108 Å². The van der Waals surface area contributed by atoms with Gasteiger partial charge in [-0.15, -0.1) is 5.10 Å². The van der Waals surface area contributed by atoms with Crippen molar-refractivity contribution in [1.82, 2.24) is 20.3 Å². The van der Waals surface area contributed by atoms with E-state index in [1.165, 1.54) is 25.0 Å². The monoisotopic (exact) mass is 250 g/mol. The normalized spacial score (nSPS) is 23.7. The largest absolute Gasteiger partial charge is 0.376 e. The van der Waals surface area contributed by atoms with E-state index in [1.807, 2.05) is 7.05 Å². The summed E-state index contributed by atoms with van der Waals surface area (Å²) >= 11 is 0. The summed E-state index contributed by atoms with van der Waals surface area (Å²) in [6.45, 7) is 2.59. The smallest absolute Gasteiger partial charge is 0.0996 e. The Hall–Kier alpha value is -0.940. The highest BCUT2D eigenvalue weighted by molar-refractivity contribution is 5.12. The molecule has 1 atom stereocenters. The second-order valence-corrected chi connectivity index (χ2v) is 5.48. The molecule has 0 radical (unpaired) electrons. The van der Waals surface area contributed by atoms with Crippen LogP contribution in [0.3, 0.4) is 0 Å². The molecule has 5 heteroatoms. The van der Waals surface area contributed by atoms with Gasteiger partial charge in [-0.2, -0.15) is 0 Å². The number of aromatic nitrogens is 3. The fraction of sp³-hybridized carbons (Fsp3) is 0.846. The third-order valence-corrected chi connectivity index (χ3v) is 3.84. The molecule has 0 bridgehead atoms. The molecule has 0 aromatic carbocycles. The van der Waals surface area contributed by atoms with Gasteiger partial charge >= 0.3 is 0 Å². The first kappa shape index (κ1) is 12.1. The van der Waals surface area contributed by atoms with Gasteiger partial charge in [0.2, 0.25) is 0 Å². The van der Waals surface area contributed by atoms with E-state index in [0.717, 1.165) is 44.1 Å². The van der Waals surface area contributed by atoms with Crippen molar-refractivity contribution in [2.75, 3.05) is 13.7 Å². The molecule has 1 aliphatic heterocycles. The molecular formula is C13H22N4O. The number of ether oxygens (including phenoxy) is 1. The minimum absolute atomic E-state index is 0.340. The van der Waals surface area contributed by atoms with Gasteiger partial charge in [-0.05, 0) is 45.1 Å². The van der Waals surface area contributed by atoms with Crippen molar-refractivity contribution in [2.24, 2.45) is 5.92 Å². The molecule has 2 aliphatic rings. The number of rotatable bonds is 6. The molecular weight excluding hydrogens is 228 g/mol. The van der Waals surface area contributed by atoms with Crippen LogP contribution >= 0.6 is 0 Å². The van der Waals surface area contributed by atoms with Crippen LogP contribution in [0.2, 0.25) is 0 Å². The van der Waals surface area contributed by atoms with Crippen molar-refractivity contribution in [3.05, 3.63) is 11.4 Å². The lowest BCUT2D eigenvalue weighted by atomic mass is 10.1. The van der Waals surface area contributed by atoms with Gasteiger partial charge in [0.05, 0.1) is 24.0 Å². The van der Waals surface area contributed by atoms with E-state index in [2.05, 4.69) is 20.3 Å². The first-order valence-electron chi connectivity index (χ1n) is 7.04. The average Bonchev–Trinajstić information content (AvgIpc) is 2.90. The minimum atomic E-state index is 0.340. The molecule has 1 unspecified atom stereocenters. The molecule has 1 aliphatic carbocycles. The predicted molar refractivity (Wildman–Crippen MR) is 68.2 cm³/mol. The fourth-order valence-electron chi connectivity index (χ4n) is 2.62. The van der Waals surface area contributed by atoms with Crippen molar-refractivity contribution in [1.29, 1.82) is 0 Å². The highest BCUT2D eigenvalue weighted by Crippen LogP contribution is 2.33. The highest BCUT2D eigenvalue weighted by atomic mass is 16.5. The van der Waals surface area contributed by atoms with Crippen molar-refractivity contribution in [2.45, 2.75) is 51.3 Å². The average molecular weight is 250 g/mol. The second kappa shape index (κ2) is 5.36. The first-order valence-corrected chi connectivity index (χ1v) is 7.04. The molecule has 18 heavy (non-hydrogen) atoms. The summed E-state index contributed by atoms with van der Waals surface area (Å²) in [5, 5.41) is 11.8. The van der Waals surface area contributed by atoms with Crippen LogP contribution in [-0.2, 0) is 24.2 Å². The maximum absolute atomic E-state index is 5.70. The van der Waals surface area contributed by atoms with Crippen LogP contribution in [0.5, 0.6) is 0 Å². The van der Waals surface area contributed by atoms with Crippen LogP contribution < -0.4 is 5.32 Å². The Morgan fingerprint density at radius 3 is 2.94 bits per heavy atom. The van der Waals surface area contributed by atoms with Crippen LogP contribution in [0, 0.1) is 5.92 Å². The molecule has 1 aromatic heterocycles. The van der Waals surface area contributed by atoms with Crippen LogP contribution in [0.1, 0.15) is 37.1 Å². The number of hydrogen-bond donors (Lipinski definition) is 1. The van der Waals surface area contributed by atoms with Crippen molar-refractivity contribution in [3.8, 4) is 0 Å². The van der Waals surface area contributed by atoms with Gasteiger partial charge < -0.3 is 10.1 Å². The van der Waals surface area contributed by atoms with Crippen LogP contribution in [0.4, 0.5) is 0 Å². The summed E-state index contributed by atoms with van der Waals surface area (Å²) in [5.41, 5.74) is 2.43. The lowest BCUT2D eigenvalue weighted by Crippen LogP contribution is -2.19. The molecule has 2 fully saturated rings. The van der Waals surface area contributed by atoms with Crippen LogP contribution in [-0.4, -0.2) is 34.8 Å². The Balaban J connectivity index is 1.73. The third kappa shape index (κ3) is 2.72. The van der Waals surface area contributed by atoms with Gasteiger partial charge in [0.15, 0.2) is 0 Å². The molecule has 5 nitrogen and oxygen atoms in total. The van der Waals surface area contributed by atoms with E-state index < -0.39 is 0 Å². The Bertz CT molecular complexity index is 394. The lowest BCUT2D eigenvalue weighted by Gasteiger charge is -2.12. The molecule has 2 heterocycles. The summed E-state index contributed by atoms with van der Waals surface area (Å²) in [5.74, 6) is 0.863. The molecule has 0 amide bonds.